The van der Waals surface area contributed by atoms with E-state index < -0.39 is 5.41 Å². The van der Waals surface area contributed by atoms with Crippen LogP contribution in [0.1, 0.15) is 40.2 Å². The monoisotopic (exact) mass is 802 g/mol. The quantitative estimate of drug-likeness (QED) is 0.163. The molecule has 0 saturated carbocycles. The number of fused-ring (bicyclic) bond motifs is 13. The number of para-hydroxylation sites is 2. The first-order chi connectivity index (χ1) is 31.3. The molecule has 0 saturated heterocycles. The molecule has 0 fully saturated rings. The van der Waals surface area contributed by atoms with Crippen molar-refractivity contribution in [3.8, 4) is 39.1 Å². The molecule has 10 aromatic rings. The first-order valence-corrected chi connectivity index (χ1v) is 22.1. The fourth-order valence-electron chi connectivity index (χ4n) is 11.2. The van der Waals surface area contributed by atoms with Crippen LogP contribution >= 0.6 is 0 Å². The van der Waals surface area contributed by atoms with Crippen molar-refractivity contribution in [3.63, 3.8) is 0 Å². The smallest absolute Gasteiger partial charge is 0.0726 e. The molecule has 63 heavy (non-hydrogen) atoms. The number of hydrogen-bond acceptors (Lipinski definition) is 1. The number of hydrogen-bond donors (Lipinski definition) is 0. The van der Waals surface area contributed by atoms with Gasteiger partial charge in [-0.2, -0.15) is 0 Å². The fraction of sp³-hybridized carbons (Fsp3) is 0.0492. The SMILES string of the molecule is C1=CC(c2ccccc2)CC=C1N(c1ccc(-c2ccc(-n3c4ccccc4c4ccccc43)cc2)cc1)c1ccc2c(c1)C1(c3ccccc3-c3ccccc31)c1ccccc1-2. The molecule has 1 aromatic heterocycles. The van der Waals surface area contributed by atoms with Crippen LogP contribution in [0.3, 0.4) is 0 Å². The minimum atomic E-state index is -0.411. The van der Waals surface area contributed by atoms with Gasteiger partial charge in [-0.3, -0.25) is 0 Å². The molecule has 13 rings (SSSR count). The Labute approximate surface area is 368 Å². The Morgan fingerprint density at radius 1 is 0.429 bits per heavy atom. The number of allylic oxidation sites excluding steroid dienone is 3. The predicted molar refractivity (Wildman–Crippen MR) is 262 cm³/mol. The molecule has 3 aliphatic carbocycles. The molecule has 296 valence electrons. The molecule has 0 radical (unpaired) electrons. The minimum Gasteiger partial charge on any atom is -0.311 e. The Hall–Kier alpha value is -7.94. The lowest BCUT2D eigenvalue weighted by molar-refractivity contribution is 0.793. The molecule has 1 unspecified atom stereocenters. The number of rotatable bonds is 6. The van der Waals surface area contributed by atoms with Gasteiger partial charge in [0.2, 0.25) is 0 Å². The average molecular weight is 803 g/mol. The lowest BCUT2D eigenvalue weighted by Crippen LogP contribution is -2.26. The van der Waals surface area contributed by atoms with E-state index in [0.717, 1.165) is 23.5 Å². The molecule has 0 aliphatic heterocycles. The highest BCUT2D eigenvalue weighted by atomic mass is 15.1. The normalized spacial score (nSPS) is 15.2. The van der Waals surface area contributed by atoms with Gasteiger partial charge in [-0.15, -0.1) is 0 Å². The third kappa shape index (κ3) is 5.31. The molecule has 0 bridgehead atoms. The molecule has 3 aliphatic rings. The number of nitrogens with zero attached hydrogens (tertiary/aromatic N) is 2. The van der Waals surface area contributed by atoms with Crippen LogP contribution in [0.2, 0.25) is 0 Å². The molecule has 2 nitrogen and oxygen atoms in total. The van der Waals surface area contributed by atoms with Crippen molar-refractivity contribution < 1.29 is 0 Å². The van der Waals surface area contributed by atoms with Crippen LogP contribution in [0.25, 0.3) is 60.9 Å². The Kier molecular flexibility index (Phi) is 7.98. The second kappa shape index (κ2) is 14.1. The van der Waals surface area contributed by atoms with E-state index in [-0.39, 0.29) is 0 Å². The van der Waals surface area contributed by atoms with Gasteiger partial charge < -0.3 is 9.47 Å². The molecular weight excluding hydrogens is 761 g/mol. The Morgan fingerprint density at radius 2 is 0.921 bits per heavy atom. The van der Waals surface area contributed by atoms with Gasteiger partial charge in [0, 0.05) is 39.4 Å². The molecule has 1 atom stereocenters. The van der Waals surface area contributed by atoms with Crippen molar-refractivity contribution in [2.24, 2.45) is 0 Å². The van der Waals surface area contributed by atoms with Gasteiger partial charge in [-0.1, -0.05) is 182 Å². The standard InChI is InChI=1S/C61H42N2/c1-2-14-41(15-3-1)42-26-32-45(33-27-42)62(46-34-28-43(29-35-46)44-30-36-47(37-31-44)63-59-24-12-7-19-53(59)54-20-8-13-25-60(54)63)48-38-39-52-51-18-6-11-23-57(51)61(58(52)40-48)55-21-9-4-16-49(55)50-17-5-10-22-56(50)61/h1-26,28-40,42H,27H2. The second-order valence-corrected chi connectivity index (χ2v) is 17.2. The van der Waals surface area contributed by atoms with E-state index in [0.29, 0.717) is 5.92 Å². The van der Waals surface area contributed by atoms with Gasteiger partial charge in [0.15, 0.2) is 0 Å². The lowest BCUT2D eigenvalue weighted by atomic mass is 9.70. The van der Waals surface area contributed by atoms with Crippen LogP contribution in [-0.4, -0.2) is 4.57 Å². The zero-order chi connectivity index (χ0) is 41.5. The van der Waals surface area contributed by atoms with Crippen LogP contribution in [0.5, 0.6) is 0 Å². The summed E-state index contributed by atoms with van der Waals surface area (Å²) in [6.45, 7) is 0. The molecule has 1 spiro atoms. The summed E-state index contributed by atoms with van der Waals surface area (Å²) in [6, 6.07) is 80.9. The molecular formula is C61H42N2. The largest absolute Gasteiger partial charge is 0.311 e. The van der Waals surface area contributed by atoms with Gasteiger partial charge in [0.1, 0.15) is 0 Å². The maximum absolute atomic E-state index is 2.49. The predicted octanol–water partition coefficient (Wildman–Crippen LogP) is 15.6. The summed E-state index contributed by atoms with van der Waals surface area (Å²) < 4.78 is 2.38. The van der Waals surface area contributed by atoms with Crippen molar-refractivity contribution in [3.05, 3.63) is 270 Å². The second-order valence-electron chi connectivity index (χ2n) is 17.2. The van der Waals surface area contributed by atoms with Gasteiger partial charge in [-0.05, 0) is 122 Å². The summed E-state index contributed by atoms with van der Waals surface area (Å²) in [5.41, 5.74) is 21.1. The van der Waals surface area contributed by atoms with Gasteiger partial charge >= 0.3 is 0 Å². The van der Waals surface area contributed by atoms with Crippen molar-refractivity contribution in [2.45, 2.75) is 17.8 Å². The summed E-state index contributed by atoms with van der Waals surface area (Å²) >= 11 is 0. The highest BCUT2D eigenvalue weighted by Gasteiger charge is 2.51. The van der Waals surface area contributed by atoms with Crippen LogP contribution < -0.4 is 4.90 Å². The van der Waals surface area contributed by atoms with Crippen LogP contribution in [0.15, 0.2) is 242 Å². The van der Waals surface area contributed by atoms with Crippen LogP contribution in [0.4, 0.5) is 11.4 Å². The Balaban J connectivity index is 0.923. The third-order valence-corrected chi connectivity index (χ3v) is 14.0. The lowest BCUT2D eigenvalue weighted by Gasteiger charge is -2.33. The molecule has 1 heterocycles. The van der Waals surface area contributed by atoms with Crippen molar-refractivity contribution in [2.75, 3.05) is 4.90 Å². The zero-order valence-electron chi connectivity index (χ0n) is 34.7. The summed E-state index contributed by atoms with van der Waals surface area (Å²) in [5.74, 6) is 0.342. The zero-order valence-corrected chi connectivity index (χ0v) is 34.7. The van der Waals surface area contributed by atoms with Gasteiger partial charge in [0.25, 0.3) is 0 Å². The maximum Gasteiger partial charge on any atom is 0.0726 e. The molecule has 0 amide bonds. The van der Waals surface area contributed by atoms with E-state index in [4.69, 9.17) is 0 Å². The summed E-state index contributed by atoms with van der Waals surface area (Å²) in [6.07, 6.45) is 8.08. The van der Waals surface area contributed by atoms with Crippen LogP contribution in [0, 0.1) is 0 Å². The van der Waals surface area contributed by atoms with E-state index in [1.165, 1.54) is 88.7 Å². The topological polar surface area (TPSA) is 8.17 Å². The molecule has 2 heteroatoms. The first-order valence-electron chi connectivity index (χ1n) is 22.1. The summed E-state index contributed by atoms with van der Waals surface area (Å²) in [7, 11) is 0. The number of aromatic nitrogens is 1. The van der Waals surface area contributed by atoms with Crippen molar-refractivity contribution in [1.82, 2.24) is 4.57 Å². The van der Waals surface area contributed by atoms with Crippen molar-refractivity contribution >= 4 is 33.2 Å². The first kappa shape index (κ1) is 35.8. The maximum atomic E-state index is 2.49. The van der Waals surface area contributed by atoms with E-state index in [9.17, 15) is 0 Å². The fourth-order valence-corrected chi connectivity index (χ4v) is 11.2. The molecule has 0 N–H and O–H groups in total. The van der Waals surface area contributed by atoms with E-state index in [2.05, 4.69) is 246 Å². The Bertz CT molecular complexity index is 3360. The highest BCUT2D eigenvalue weighted by Crippen LogP contribution is 2.63. The minimum absolute atomic E-state index is 0.342. The van der Waals surface area contributed by atoms with Crippen molar-refractivity contribution in [1.29, 1.82) is 0 Å². The van der Waals surface area contributed by atoms with Crippen LogP contribution in [-0.2, 0) is 5.41 Å². The highest BCUT2D eigenvalue weighted by molar-refractivity contribution is 6.09. The Morgan fingerprint density at radius 3 is 1.49 bits per heavy atom. The summed E-state index contributed by atoms with van der Waals surface area (Å²) in [5, 5.41) is 2.55. The number of benzene rings is 9. The van der Waals surface area contributed by atoms with E-state index in [1.807, 2.05) is 0 Å². The van der Waals surface area contributed by atoms with E-state index >= 15 is 0 Å². The summed E-state index contributed by atoms with van der Waals surface area (Å²) in [4.78, 5) is 2.47. The molecule has 9 aromatic carbocycles. The third-order valence-electron chi connectivity index (χ3n) is 14.0. The van der Waals surface area contributed by atoms with Gasteiger partial charge in [-0.25, -0.2) is 0 Å². The average Bonchev–Trinajstić information content (AvgIpc) is 3.97. The number of anilines is 2. The van der Waals surface area contributed by atoms with Gasteiger partial charge in [0.05, 0.1) is 16.4 Å². The van der Waals surface area contributed by atoms with E-state index in [1.54, 1.807) is 0 Å².